The molecule has 2 rings (SSSR count). The molecule has 0 aliphatic carbocycles. The molecular weight excluding hydrogens is 298 g/mol. The average Bonchev–Trinajstić information content (AvgIpc) is 2.76. The molecule has 94 valence electrons. The number of hydrogen-bond donors (Lipinski definition) is 1. The van der Waals surface area contributed by atoms with Crippen LogP contribution in [-0.4, -0.2) is 15.9 Å². The Morgan fingerprint density at radius 2 is 2.28 bits per heavy atom. The Hall–Kier alpha value is -1.69. The molecule has 0 spiro atoms. The number of carbonyl (C=O) groups is 1. The predicted octanol–water partition coefficient (Wildman–Crippen LogP) is 2.63. The summed E-state index contributed by atoms with van der Waals surface area (Å²) in [5, 5.41) is 2.80. The van der Waals surface area contributed by atoms with Crippen LogP contribution in [0, 0.1) is 6.92 Å². The largest absolute Gasteiger partial charge is 0.444 e. The molecule has 0 aromatic carbocycles. The van der Waals surface area contributed by atoms with Gasteiger partial charge in [0.05, 0.1) is 11.8 Å². The SMILES string of the molecule is Cc1cnc(C(C)NC(=O)c2cccnc2Br)o1. The molecule has 2 aromatic heterocycles. The first kappa shape index (κ1) is 12.8. The monoisotopic (exact) mass is 309 g/mol. The van der Waals surface area contributed by atoms with E-state index in [4.69, 9.17) is 4.42 Å². The quantitative estimate of drug-likeness (QED) is 0.885. The van der Waals surface area contributed by atoms with Crippen molar-refractivity contribution < 1.29 is 9.21 Å². The van der Waals surface area contributed by atoms with Gasteiger partial charge in [-0.3, -0.25) is 4.79 Å². The van der Waals surface area contributed by atoms with Crippen molar-refractivity contribution in [3.63, 3.8) is 0 Å². The van der Waals surface area contributed by atoms with E-state index in [0.29, 0.717) is 21.8 Å². The lowest BCUT2D eigenvalue weighted by atomic mass is 10.2. The zero-order valence-corrected chi connectivity index (χ0v) is 11.6. The van der Waals surface area contributed by atoms with E-state index in [-0.39, 0.29) is 11.9 Å². The van der Waals surface area contributed by atoms with E-state index in [1.165, 1.54) is 0 Å². The molecule has 5 nitrogen and oxygen atoms in total. The zero-order chi connectivity index (χ0) is 13.1. The van der Waals surface area contributed by atoms with Crippen LogP contribution in [0.1, 0.15) is 35.0 Å². The Balaban J connectivity index is 2.10. The second kappa shape index (κ2) is 5.30. The molecule has 0 bridgehead atoms. The van der Waals surface area contributed by atoms with Crippen molar-refractivity contribution in [3.05, 3.63) is 46.3 Å². The molecule has 0 saturated carbocycles. The van der Waals surface area contributed by atoms with Crippen LogP contribution >= 0.6 is 15.9 Å². The number of aromatic nitrogens is 2. The van der Waals surface area contributed by atoms with Gasteiger partial charge in [0, 0.05) is 6.20 Å². The van der Waals surface area contributed by atoms with Crippen LogP contribution < -0.4 is 5.32 Å². The fourth-order valence-corrected chi connectivity index (χ4v) is 1.89. The number of nitrogens with one attached hydrogen (secondary N) is 1. The third kappa shape index (κ3) is 2.76. The van der Waals surface area contributed by atoms with Gasteiger partial charge < -0.3 is 9.73 Å². The molecule has 0 radical (unpaired) electrons. The van der Waals surface area contributed by atoms with E-state index in [0.717, 1.165) is 0 Å². The number of carbonyl (C=O) groups excluding carboxylic acids is 1. The number of hydrogen-bond acceptors (Lipinski definition) is 4. The lowest BCUT2D eigenvalue weighted by Crippen LogP contribution is -2.27. The van der Waals surface area contributed by atoms with Crippen LogP contribution in [-0.2, 0) is 0 Å². The predicted molar refractivity (Wildman–Crippen MR) is 69.1 cm³/mol. The van der Waals surface area contributed by atoms with Crippen LogP contribution in [0.3, 0.4) is 0 Å². The summed E-state index contributed by atoms with van der Waals surface area (Å²) in [6, 6.07) is 3.11. The summed E-state index contributed by atoms with van der Waals surface area (Å²) in [5.74, 6) is 0.979. The van der Waals surface area contributed by atoms with Crippen LogP contribution in [0.15, 0.2) is 33.5 Å². The van der Waals surface area contributed by atoms with Gasteiger partial charge in [-0.05, 0) is 41.9 Å². The van der Waals surface area contributed by atoms with Crippen molar-refractivity contribution in [2.24, 2.45) is 0 Å². The van der Waals surface area contributed by atoms with Crippen molar-refractivity contribution in [1.82, 2.24) is 15.3 Å². The molecule has 2 aromatic rings. The van der Waals surface area contributed by atoms with Gasteiger partial charge in [0.1, 0.15) is 16.4 Å². The minimum absolute atomic E-state index is 0.224. The van der Waals surface area contributed by atoms with Crippen LogP contribution in [0.2, 0.25) is 0 Å². The standard InChI is InChI=1S/C12H12BrN3O2/c1-7-6-15-12(18-7)8(2)16-11(17)9-4-3-5-14-10(9)13/h3-6,8H,1-2H3,(H,16,17). The lowest BCUT2D eigenvalue weighted by molar-refractivity contribution is 0.0932. The topological polar surface area (TPSA) is 68.0 Å². The van der Waals surface area contributed by atoms with Crippen LogP contribution in [0.4, 0.5) is 0 Å². The molecule has 6 heteroatoms. The number of oxazole rings is 1. The van der Waals surface area contributed by atoms with Gasteiger partial charge in [-0.25, -0.2) is 9.97 Å². The van der Waals surface area contributed by atoms with Crippen LogP contribution in [0.5, 0.6) is 0 Å². The summed E-state index contributed by atoms with van der Waals surface area (Å²) in [7, 11) is 0. The first-order valence-electron chi connectivity index (χ1n) is 5.41. The maximum atomic E-state index is 12.0. The highest BCUT2D eigenvalue weighted by Crippen LogP contribution is 2.16. The minimum Gasteiger partial charge on any atom is -0.444 e. The highest BCUT2D eigenvalue weighted by atomic mass is 79.9. The highest BCUT2D eigenvalue weighted by Gasteiger charge is 2.17. The number of rotatable bonds is 3. The lowest BCUT2D eigenvalue weighted by Gasteiger charge is -2.10. The molecule has 0 fully saturated rings. The van der Waals surface area contributed by atoms with E-state index < -0.39 is 0 Å². The molecule has 1 amide bonds. The van der Waals surface area contributed by atoms with Crippen molar-refractivity contribution in [2.75, 3.05) is 0 Å². The summed E-state index contributed by atoms with van der Waals surface area (Å²) < 4.78 is 5.87. The smallest absolute Gasteiger partial charge is 0.254 e. The van der Waals surface area contributed by atoms with Gasteiger partial charge in [0.15, 0.2) is 0 Å². The molecule has 1 N–H and O–H groups in total. The van der Waals surface area contributed by atoms with Crippen molar-refractivity contribution in [1.29, 1.82) is 0 Å². The van der Waals surface area contributed by atoms with Gasteiger partial charge in [-0.15, -0.1) is 0 Å². The second-order valence-corrected chi connectivity index (χ2v) is 4.60. The summed E-state index contributed by atoms with van der Waals surface area (Å²) in [5.41, 5.74) is 0.479. The van der Waals surface area contributed by atoms with E-state index in [1.807, 2.05) is 13.8 Å². The third-order valence-corrected chi connectivity index (χ3v) is 2.99. The van der Waals surface area contributed by atoms with E-state index in [9.17, 15) is 4.79 Å². The van der Waals surface area contributed by atoms with Crippen LogP contribution in [0.25, 0.3) is 0 Å². The fourth-order valence-electron chi connectivity index (χ4n) is 1.46. The van der Waals surface area contributed by atoms with Crippen molar-refractivity contribution in [2.45, 2.75) is 19.9 Å². The maximum absolute atomic E-state index is 12.0. The van der Waals surface area contributed by atoms with E-state index in [2.05, 4.69) is 31.2 Å². The molecule has 1 atom stereocenters. The molecule has 18 heavy (non-hydrogen) atoms. The Morgan fingerprint density at radius 1 is 1.50 bits per heavy atom. The number of nitrogens with zero attached hydrogens (tertiary/aromatic N) is 2. The molecule has 0 aliphatic rings. The van der Waals surface area contributed by atoms with Crippen molar-refractivity contribution in [3.8, 4) is 0 Å². The normalized spacial score (nSPS) is 12.2. The summed E-state index contributed by atoms with van der Waals surface area (Å²) >= 11 is 3.24. The molecule has 2 heterocycles. The first-order valence-corrected chi connectivity index (χ1v) is 6.21. The number of aryl methyl sites for hydroxylation is 1. The van der Waals surface area contributed by atoms with Gasteiger partial charge in [0.25, 0.3) is 5.91 Å². The number of amides is 1. The Bertz CT molecular complexity index is 568. The van der Waals surface area contributed by atoms with Gasteiger partial charge >= 0.3 is 0 Å². The molecule has 1 unspecified atom stereocenters. The summed E-state index contributed by atoms with van der Waals surface area (Å²) in [6.07, 6.45) is 3.24. The second-order valence-electron chi connectivity index (χ2n) is 3.85. The van der Waals surface area contributed by atoms with Gasteiger partial charge in [0.2, 0.25) is 5.89 Å². The average molecular weight is 310 g/mol. The zero-order valence-electron chi connectivity index (χ0n) is 9.98. The molecular formula is C12H12BrN3O2. The summed E-state index contributed by atoms with van der Waals surface area (Å²) in [6.45, 7) is 3.62. The Morgan fingerprint density at radius 3 is 2.89 bits per heavy atom. The maximum Gasteiger partial charge on any atom is 0.254 e. The third-order valence-electron chi connectivity index (χ3n) is 2.36. The Labute approximate surface area is 113 Å². The first-order chi connectivity index (χ1) is 8.58. The van der Waals surface area contributed by atoms with Gasteiger partial charge in [-0.2, -0.15) is 0 Å². The van der Waals surface area contributed by atoms with E-state index >= 15 is 0 Å². The fraction of sp³-hybridized carbons (Fsp3) is 0.250. The highest BCUT2D eigenvalue weighted by molar-refractivity contribution is 9.10. The molecule has 0 aliphatic heterocycles. The van der Waals surface area contributed by atoms with E-state index in [1.54, 1.807) is 24.5 Å². The van der Waals surface area contributed by atoms with Crippen molar-refractivity contribution >= 4 is 21.8 Å². The molecule has 0 saturated heterocycles. The number of halogens is 1. The van der Waals surface area contributed by atoms with Gasteiger partial charge in [-0.1, -0.05) is 0 Å². The Kier molecular flexibility index (Phi) is 3.76. The number of pyridine rings is 1. The minimum atomic E-state index is -0.293. The summed E-state index contributed by atoms with van der Waals surface area (Å²) in [4.78, 5) is 20.1.